The average molecular weight is 348 g/mol. The zero-order valence-corrected chi connectivity index (χ0v) is 14.1. The molecule has 130 valence electrons. The van der Waals surface area contributed by atoms with Gasteiger partial charge < -0.3 is 10.6 Å². The SMILES string of the molecule is CCNC(=NCCCC1CC1)NCCc1nc(C(F)(F)F)cs1. The molecule has 0 amide bonds. The van der Waals surface area contributed by atoms with Crippen LogP contribution in [0.15, 0.2) is 10.4 Å². The summed E-state index contributed by atoms with van der Waals surface area (Å²) in [7, 11) is 0. The lowest BCUT2D eigenvalue weighted by atomic mass is 10.2. The third-order valence-corrected chi connectivity index (χ3v) is 4.46. The highest BCUT2D eigenvalue weighted by atomic mass is 32.1. The first-order valence-electron chi connectivity index (χ1n) is 8.03. The number of hydrogen-bond acceptors (Lipinski definition) is 3. The Labute approximate surface area is 138 Å². The third kappa shape index (κ3) is 6.76. The number of rotatable bonds is 8. The minimum Gasteiger partial charge on any atom is -0.357 e. The van der Waals surface area contributed by atoms with Crippen molar-refractivity contribution >= 4 is 17.3 Å². The van der Waals surface area contributed by atoms with Crippen LogP contribution in [0.2, 0.25) is 0 Å². The molecule has 1 aromatic rings. The monoisotopic (exact) mass is 348 g/mol. The van der Waals surface area contributed by atoms with Crippen molar-refractivity contribution in [2.24, 2.45) is 10.9 Å². The van der Waals surface area contributed by atoms with Crippen LogP contribution >= 0.6 is 11.3 Å². The van der Waals surface area contributed by atoms with Crippen LogP contribution in [-0.2, 0) is 12.6 Å². The maximum Gasteiger partial charge on any atom is 0.434 e. The van der Waals surface area contributed by atoms with Gasteiger partial charge in [0.05, 0.1) is 5.01 Å². The van der Waals surface area contributed by atoms with Gasteiger partial charge in [-0.1, -0.05) is 12.8 Å². The first kappa shape index (κ1) is 18.0. The summed E-state index contributed by atoms with van der Waals surface area (Å²) < 4.78 is 37.5. The van der Waals surface area contributed by atoms with Crippen molar-refractivity contribution in [3.63, 3.8) is 0 Å². The van der Waals surface area contributed by atoms with E-state index in [9.17, 15) is 13.2 Å². The number of alkyl halides is 3. The standard InChI is InChI=1S/C15H23F3N4S/c1-2-19-14(20-8-3-4-11-5-6-11)21-9-7-13-22-12(10-23-13)15(16,17)18/h10-11H,2-9H2,1H3,(H2,19,20,21). The van der Waals surface area contributed by atoms with E-state index in [1.807, 2.05) is 6.92 Å². The second-order valence-corrected chi connectivity index (χ2v) is 6.59. The minimum atomic E-state index is -4.36. The highest BCUT2D eigenvalue weighted by Crippen LogP contribution is 2.33. The Morgan fingerprint density at radius 2 is 2.17 bits per heavy atom. The zero-order chi connectivity index (χ0) is 16.7. The van der Waals surface area contributed by atoms with Gasteiger partial charge in [-0.25, -0.2) is 4.98 Å². The molecule has 0 radical (unpaired) electrons. The molecular formula is C15H23F3N4S. The van der Waals surface area contributed by atoms with Crippen molar-refractivity contribution in [3.8, 4) is 0 Å². The molecule has 0 saturated heterocycles. The molecule has 0 spiro atoms. The molecule has 2 rings (SSSR count). The van der Waals surface area contributed by atoms with Crippen molar-refractivity contribution in [2.75, 3.05) is 19.6 Å². The van der Waals surface area contributed by atoms with Crippen molar-refractivity contribution in [2.45, 2.75) is 45.2 Å². The van der Waals surface area contributed by atoms with Crippen LogP contribution in [0.25, 0.3) is 0 Å². The number of aliphatic imine (C=N–C) groups is 1. The Bertz CT molecular complexity index is 509. The van der Waals surface area contributed by atoms with Gasteiger partial charge >= 0.3 is 6.18 Å². The number of nitrogens with one attached hydrogen (secondary N) is 2. The lowest BCUT2D eigenvalue weighted by Crippen LogP contribution is -2.38. The molecule has 0 unspecified atom stereocenters. The highest BCUT2D eigenvalue weighted by Gasteiger charge is 2.33. The molecule has 23 heavy (non-hydrogen) atoms. The Balaban J connectivity index is 1.72. The smallest absolute Gasteiger partial charge is 0.357 e. The summed E-state index contributed by atoms with van der Waals surface area (Å²) >= 11 is 1.04. The van der Waals surface area contributed by atoms with Gasteiger partial charge in [0, 0.05) is 31.4 Å². The van der Waals surface area contributed by atoms with Crippen molar-refractivity contribution in [3.05, 3.63) is 16.1 Å². The summed E-state index contributed by atoms with van der Waals surface area (Å²) in [5.74, 6) is 1.63. The minimum absolute atomic E-state index is 0.452. The van der Waals surface area contributed by atoms with Crippen molar-refractivity contribution in [1.29, 1.82) is 0 Å². The molecule has 8 heteroatoms. The molecule has 1 aliphatic rings. The topological polar surface area (TPSA) is 49.3 Å². The van der Waals surface area contributed by atoms with E-state index in [1.165, 1.54) is 19.3 Å². The molecule has 4 nitrogen and oxygen atoms in total. The van der Waals surface area contributed by atoms with E-state index in [0.29, 0.717) is 18.0 Å². The number of aromatic nitrogens is 1. The summed E-state index contributed by atoms with van der Waals surface area (Å²) in [5.41, 5.74) is -0.807. The molecule has 1 saturated carbocycles. The van der Waals surface area contributed by atoms with Crippen LogP contribution in [0.4, 0.5) is 13.2 Å². The predicted octanol–water partition coefficient (Wildman–Crippen LogP) is 3.45. The Hall–Kier alpha value is -1.31. The zero-order valence-electron chi connectivity index (χ0n) is 13.2. The van der Waals surface area contributed by atoms with E-state index in [-0.39, 0.29) is 0 Å². The fraction of sp³-hybridized carbons (Fsp3) is 0.733. The summed E-state index contributed by atoms with van der Waals surface area (Å²) in [5, 5.41) is 7.83. The van der Waals surface area contributed by atoms with Crippen LogP contribution in [0.1, 0.15) is 43.3 Å². The quantitative estimate of drug-likeness (QED) is 0.430. The molecule has 0 aliphatic heterocycles. The molecule has 0 atom stereocenters. The molecule has 1 fully saturated rings. The van der Waals surface area contributed by atoms with Gasteiger partial charge in [-0.2, -0.15) is 13.2 Å². The summed E-state index contributed by atoms with van der Waals surface area (Å²) in [6, 6.07) is 0. The van der Waals surface area contributed by atoms with Crippen molar-refractivity contribution < 1.29 is 13.2 Å². The van der Waals surface area contributed by atoms with E-state index < -0.39 is 11.9 Å². The van der Waals surface area contributed by atoms with E-state index in [2.05, 4.69) is 20.6 Å². The molecule has 2 N–H and O–H groups in total. The van der Waals surface area contributed by atoms with Gasteiger partial charge in [-0.05, 0) is 25.7 Å². The van der Waals surface area contributed by atoms with Gasteiger partial charge in [-0.3, -0.25) is 4.99 Å². The summed E-state index contributed by atoms with van der Waals surface area (Å²) in [6.45, 7) is 4.03. The summed E-state index contributed by atoms with van der Waals surface area (Å²) in [4.78, 5) is 8.11. The molecule has 1 aliphatic carbocycles. The normalized spacial score (nSPS) is 15.7. The fourth-order valence-electron chi connectivity index (χ4n) is 2.16. The van der Waals surface area contributed by atoms with E-state index in [1.54, 1.807) is 0 Å². The summed E-state index contributed by atoms with van der Waals surface area (Å²) in [6.07, 6.45) is 1.13. The fourth-order valence-corrected chi connectivity index (χ4v) is 2.97. The van der Waals surface area contributed by atoms with Gasteiger partial charge in [0.15, 0.2) is 11.7 Å². The van der Waals surface area contributed by atoms with Gasteiger partial charge in [-0.15, -0.1) is 11.3 Å². The van der Waals surface area contributed by atoms with E-state index in [4.69, 9.17) is 0 Å². The maximum atomic E-state index is 12.5. The lowest BCUT2D eigenvalue weighted by Gasteiger charge is -2.10. The van der Waals surface area contributed by atoms with Gasteiger partial charge in [0.1, 0.15) is 0 Å². The molecule has 0 bridgehead atoms. The molecule has 1 aromatic heterocycles. The maximum absolute atomic E-state index is 12.5. The third-order valence-electron chi connectivity index (χ3n) is 3.56. The van der Waals surface area contributed by atoms with Crippen LogP contribution in [-0.4, -0.2) is 30.6 Å². The molecular weight excluding hydrogens is 325 g/mol. The molecule has 1 heterocycles. The second-order valence-electron chi connectivity index (χ2n) is 5.65. The van der Waals surface area contributed by atoms with Crippen LogP contribution in [0.3, 0.4) is 0 Å². The van der Waals surface area contributed by atoms with E-state index in [0.717, 1.165) is 48.1 Å². The largest absolute Gasteiger partial charge is 0.434 e. The average Bonchev–Trinajstić information content (AvgIpc) is 3.18. The second kappa shape index (κ2) is 8.52. The Morgan fingerprint density at radius 3 is 2.78 bits per heavy atom. The van der Waals surface area contributed by atoms with Crippen LogP contribution < -0.4 is 10.6 Å². The van der Waals surface area contributed by atoms with Crippen LogP contribution in [0.5, 0.6) is 0 Å². The van der Waals surface area contributed by atoms with E-state index >= 15 is 0 Å². The highest BCUT2D eigenvalue weighted by molar-refractivity contribution is 7.09. The first-order valence-corrected chi connectivity index (χ1v) is 8.90. The van der Waals surface area contributed by atoms with Crippen LogP contribution in [0, 0.1) is 5.92 Å². The number of hydrogen-bond donors (Lipinski definition) is 2. The molecule has 0 aromatic carbocycles. The number of guanidine groups is 1. The number of thiazole rings is 1. The predicted molar refractivity (Wildman–Crippen MR) is 86.8 cm³/mol. The number of halogens is 3. The van der Waals surface area contributed by atoms with Gasteiger partial charge in [0.2, 0.25) is 0 Å². The Morgan fingerprint density at radius 1 is 1.39 bits per heavy atom. The Kier molecular flexibility index (Phi) is 6.68. The first-order chi connectivity index (χ1) is 11.0. The van der Waals surface area contributed by atoms with Crippen molar-refractivity contribution in [1.82, 2.24) is 15.6 Å². The van der Waals surface area contributed by atoms with Gasteiger partial charge in [0.25, 0.3) is 0 Å². The number of nitrogens with zero attached hydrogens (tertiary/aromatic N) is 2. The lowest BCUT2D eigenvalue weighted by molar-refractivity contribution is -0.140.